The summed E-state index contributed by atoms with van der Waals surface area (Å²) in [6.45, 7) is 0. The van der Waals surface area contributed by atoms with Crippen LogP contribution in [0.25, 0.3) is 0 Å². The van der Waals surface area contributed by atoms with Crippen molar-refractivity contribution in [2.24, 2.45) is 0 Å². The van der Waals surface area contributed by atoms with Gasteiger partial charge in [-0.1, -0.05) is 23.7 Å². The van der Waals surface area contributed by atoms with Crippen LogP contribution in [0.5, 0.6) is 0 Å². The number of rotatable bonds is 2. The van der Waals surface area contributed by atoms with E-state index in [1.54, 1.807) is 0 Å². The SMILES string of the molecule is O=C(O)C(O)c1cccc(C(F)(F)F)c1Cl. The van der Waals surface area contributed by atoms with E-state index in [0.717, 1.165) is 12.1 Å². The summed E-state index contributed by atoms with van der Waals surface area (Å²) in [6.07, 6.45) is -6.76. The molecule has 0 spiro atoms. The number of hydrogen-bond acceptors (Lipinski definition) is 2. The Hall–Kier alpha value is -1.27. The first-order valence-electron chi connectivity index (χ1n) is 4.01. The average molecular weight is 255 g/mol. The minimum absolute atomic E-state index is 0.482. The molecule has 0 aliphatic carbocycles. The van der Waals surface area contributed by atoms with Crippen LogP contribution >= 0.6 is 11.6 Å². The normalized spacial score (nSPS) is 13.6. The molecule has 0 bridgehead atoms. The van der Waals surface area contributed by atoms with Gasteiger partial charge in [-0.2, -0.15) is 13.2 Å². The Morgan fingerprint density at radius 3 is 2.38 bits per heavy atom. The van der Waals surface area contributed by atoms with E-state index in [9.17, 15) is 18.0 Å². The van der Waals surface area contributed by atoms with Crippen molar-refractivity contribution < 1.29 is 28.2 Å². The van der Waals surface area contributed by atoms with Crippen LogP contribution < -0.4 is 0 Å². The average Bonchev–Trinajstić information content (AvgIpc) is 2.15. The maximum Gasteiger partial charge on any atom is 0.417 e. The predicted octanol–water partition coefficient (Wildman–Crippen LogP) is 2.48. The molecular weight excluding hydrogens is 249 g/mol. The minimum atomic E-state index is -4.69. The zero-order valence-corrected chi connectivity index (χ0v) is 8.38. The van der Waals surface area contributed by atoms with Crippen molar-refractivity contribution >= 4 is 17.6 Å². The van der Waals surface area contributed by atoms with Gasteiger partial charge < -0.3 is 10.2 Å². The molecule has 1 atom stereocenters. The van der Waals surface area contributed by atoms with Crippen LogP contribution in [-0.2, 0) is 11.0 Å². The standard InChI is InChI=1S/C9H6ClF3O3/c10-6-4(7(14)8(15)16)2-1-3-5(6)9(11,12)13/h1-3,7,14H,(H,15,16). The summed E-state index contributed by atoms with van der Waals surface area (Å²) in [5.74, 6) is -1.67. The molecule has 0 aliphatic heterocycles. The van der Waals surface area contributed by atoms with Crippen LogP contribution in [-0.4, -0.2) is 16.2 Å². The Morgan fingerprint density at radius 2 is 1.94 bits per heavy atom. The number of benzene rings is 1. The molecule has 16 heavy (non-hydrogen) atoms. The monoisotopic (exact) mass is 254 g/mol. The number of carbonyl (C=O) groups is 1. The highest BCUT2D eigenvalue weighted by Crippen LogP contribution is 2.37. The fraction of sp³-hybridized carbons (Fsp3) is 0.222. The van der Waals surface area contributed by atoms with Crippen LogP contribution in [0.4, 0.5) is 13.2 Å². The number of aliphatic carboxylic acids is 1. The van der Waals surface area contributed by atoms with Crippen LogP contribution in [0.15, 0.2) is 18.2 Å². The first kappa shape index (κ1) is 12.8. The summed E-state index contributed by atoms with van der Waals surface area (Å²) in [5.41, 5.74) is -1.66. The van der Waals surface area contributed by atoms with E-state index >= 15 is 0 Å². The molecule has 0 aromatic heterocycles. The third-order valence-electron chi connectivity index (χ3n) is 1.86. The second-order valence-corrected chi connectivity index (χ2v) is 3.33. The van der Waals surface area contributed by atoms with Gasteiger partial charge in [0.15, 0.2) is 6.10 Å². The lowest BCUT2D eigenvalue weighted by molar-refractivity contribution is -0.147. The van der Waals surface area contributed by atoms with Gasteiger partial charge in [0.05, 0.1) is 10.6 Å². The number of aliphatic hydroxyl groups is 1. The number of carboxylic acid groups (broad SMARTS) is 1. The van der Waals surface area contributed by atoms with Crippen LogP contribution in [0, 0.1) is 0 Å². The van der Waals surface area contributed by atoms with Crippen molar-refractivity contribution in [3.8, 4) is 0 Å². The molecule has 1 aromatic rings. The lowest BCUT2D eigenvalue weighted by atomic mass is 10.1. The fourth-order valence-electron chi connectivity index (χ4n) is 1.11. The molecule has 0 heterocycles. The number of aliphatic hydroxyl groups excluding tert-OH is 1. The third-order valence-corrected chi connectivity index (χ3v) is 2.28. The Balaban J connectivity index is 3.30. The smallest absolute Gasteiger partial charge is 0.417 e. The molecule has 0 amide bonds. The van der Waals surface area contributed by atoms with Crippen molar-refractivity contribution in [3.05, 3.63) is 34.3 Å². The molecule has 0 saturated heterocycles. The summed E-state index contributed by atoms with van der Waals surface area (Å²) in [7, 11) is 0. The highest BCUT2D eigenvalue weighted by molar-refractivity contribution is 6.32. The molecule has 0 aliphatic rings. The molecule has 1 unspecified atom stereocenters. The largest absolute Gasteiger partial charge is 0.479 e. The van der Waals surface area contributed by atoms with Crippen molar-refractivity contribution in [1.82, 2.24) is 0 Å². The highest BCUT2D eigenvalue weighted by Gasteiger charge is 2.35. The maximum atomic E-state index is 12.4. The number of halogens is 4. The first-order chi connectivity index (χ1) is 7.25. The van der Waals surface area contributed by atoms with Gasteiger partial charge >= 0.3 is 12.1 Å². The van der Waals surface area contributed by atoms with E-state index in [2.05, 4.69) is 0 Å². The molecule has 0 fully saturated rings. The molecule has 0 radical (unpaired) electrons. The third kappa shape index (κ3) is 2.45. The number of hydrogen-bond donors (Lipinski definition) is 2. The van der Waals surface area contributed by atoms with Gasteiger partial charge in [0.2, 0.25) is 0 Å². The van der Waals surface area contributed by atoms with Gasteiger partial charge in [0, 0.05) is 5.56 Å². The van der Waals surface area contributed by atoms with Gasteiger partial charge in [-0.15, -0.1) is 0 Å². The zero-order valence-electron chi connectivity index (χ0n) is 7.62. The van der Waals surface area contributed by atoms with Gasteiger partial charge in [-0.25, -0.2) is 4.79 Å². The van der Waals surface area contributed by atoms with E-state index < -0.39 is 34.4 Å². The summed E-state index contributed by atoms with van der Waals surface area (Å²) >= 11 is 5.39. The fourth-order valence-corrected chi connectivity index (χ4v) is 1.45. The van der Waals surface area contributed by atoms with Gasteiger partial charge in [0.25, 0.3) is 0 Å². The highest BCUT2D eigenvalue weighted by atomic mass is 35.5. The Kier molecular flexibility index (Phi) is 3.44. The predicted molar refractivity (Wildman–Crippen MR) is 49.0 cm³/mol. The summed E-state index contributed by atoms with van der Waals surface area (Å²) in [6, 6.07) is 2.72. The van der Waals surface area contributed by atoms with Crippen molar-refractivity contribution in [3.63, 3.8) is 0 Å². The lowest BCUT2D eigenvalue weighted by Gasteiger charge is -2.13. The summed E-state index contributed by atoms with van der Waals surface area (Å²) < 4.78 is 37.1. The van der Waals surface area contributed by atoms with E-state index in [0.29, 0.717) is 6.07 Å². The van der Waals surface area contributed by atoms with E-state index in [-0.39, 0.29) is 0 Å². The van der Waals surface area contributed by atoms with Gasteiger partial charge in [0.1, 0.15) is 0 Å². The number of alkyl halides is 3. The molecule has 1 rings (SSSR count). The molecule has 0 saturated carbocycles. The van der Waals surface area contributed by atoms with Gasteiger partial charge in [-0.05, 0) is 6.07 Å². The molecule has 2 N–H and O–H groups in total. The molecule has 3 nitrogen and oxygen atoms in total. The van der Waals surface area contributed by atoms with E-state index in [1.165, 1.54) is 0 Å². The minimum Gasteiger partial charge on any atom is -0.479 e. The molecule has 88 valence electrons. The molecular formula is C9H6ClF3O3. The molecule has 1 aromatic carbocycles. The van der Waals surface area contributed by atoms with Crippen LogP contribution in [0.3, 0.4) is 0 Å². The Bertz CT molecular complexity index is 417. The summed E-state index contributed by atoms with van der Waals surface area (Å²) in [4.78, 5) is 10.4. The van der Waals surface area contributed by atoms with Gasteiger partial charge in [-0.3, -0.25) is 0 Å². The Labute approximate surface area is 93.1 Å². The van der Waals surface area contributed by atoms with E-state index in [4.69, 9.17) is 21.8 Å². The topological polar surface area (TPSA) is 57.5 Å². The number of carboxylic acids is 1. The Morgan fingerprint density at radius 1 is 1.38 bits per heavy atom. The van der Waals surface area contributed by atoms with E-state index in [1.807, 2.05) is 0 Å². The quantitative estimate of drug-likeness (QED) is 0.852. The molecule has 7 heteroatoms. The second-order valence-electron chi connectivity index (χ2n) is 2.95. The lowest BCUT2D eigenvalue weighted by Crippen LogP contribution is -2.14. The zero-order chi connectivity index (χ0) is 12.5. The van der Waals surface area contributed by atoms with Crippen molar-refractivity contribution in [2.75, 3.05) is 0 Å². The van der Waals surface area contributed by atoms with Crippen LogP contribution in [0.1, 0.15) is 17.2 Å². The van der Waals surface area contributed by atoms with Crippen molar-refractivity contribution in [2.45, 2.75) is 12.3 Å². The first-order valence-corrected chi connectivity index (χ1v) is 4.39. The summed E-state index contributed by atoms with van der Waals surface area (Å²) in [5, 5.41) is 16.8. The van der Waals surface area contributed by atoms with Crippen LogP contribution in [0.2, 0.25) is 5.02 Å². The maximum absolute atomic E-state index is 12.4. The second kappa shape index (κ2) is 4.31. The van der Waals surface area contributed by atoms with Crippen molar-refractivity contribution in [1.29, 1.82) is 0 Å².